The van der Waals surface area contributed by atoms with Crippen molar-refractivity contribution < 1.29 is 0 Å². The van der Waals surface area contributed by atoms with Gasteiger partial charge in [0.05, 0.1) is 5.02 Å². The van der Waals surface area contributed by atoms with Crippen LogP contribution in [-0.2, 0) is 6.42 Å². The number of nitrogens with zero attached hydrogens (tertiary/aromatic N) is 3. The van der Waals surface area contributed by atoms with Crippen LogP contribution in [0.1, 0.15) is 12.6 Å². The third kappa shape index (κ3) is 1.51. The molecule has 0 radical (unpaired) electrons. The predicted molar refractivity (Wildman–Crippen MR) is 55.7 cm³/mol. The first-order valence-electron chi connectivity index (χ1n) is 4.46. The molecule has 0 unspecified atom stereocenters. The smallest absolute Gasteiger partial charge is 0.172 e. The van der Waals surface area contributed by atoms with Gasteiger partial charge in [-0.15, -0.1) is 0 Å². The van der Waals surface area contributed by atoms with Crippen molar-refractivity contribution in [3.05, 3.63) is 41.3 Å². The Bertz CT molecular complexity index is 436. The molecule has 72 valence electrons. The monoisotopic (exact) mass is 207 g/mol. The van der Waals surface area contributed by atoms with E-state index in [4.69, 9.17) is 11.6 Å². The summed E-state index contributed by atoms with van der Waals surface area (Å²) in [5.74, 6) is 0.691. The van der Waals surface area contributed by atoms with Crippen LogP contribution in [0.3, 0.4) is 0 Å². The van der Waals surface area contributed by atoms with Crippen molar-refractivity contribution in [2.45, 2.75) is 13.3 Å². The molecule has 0 aliphatic rings. The van der Waals surface area contributed by atoms with E-state index >= 15 is 0 Å². The van der Waals surface area contributed by atoms with Gasteiger partial charge < -0.3 is 0 Å². The summed E-state index contributed by atoms with van der Waals surface area (Å²) in [6.07, 6.45) is 4.37. The van der Waals surface area contributed by atoms with E-state index in [1.807, 2.05) is 12.1 Å². The van der Waals surface area contributed by atoms with Gasteiger partial charge >= 0.3 is 0 Å². The molecule has 0 saturated carbocycles. The minimum absolute atomic E-state index is 0.617. The van der Waals surface area contributed by atoms with Gasteiger partial charge in [-0.25, -0.2) is 9.67 Å². The number of pyridine rings is 1. The van der Waals surface area contributed by atoms with E-state index < -0.39 is 0 Å². The van der Waals surface area contributed by atoms with Crippen molar-refractivity contribution in [1.82, 2.24) is 14.8 Å². The molecule has 0 bridgehead atoms. The summed E-state index contributed by atoms with van der Waals surface area (Å²) in [6.45, 7) is 2.07. The maximum Gasteiger partial charge on any atom is 0.172 e. The number of aromatic nitrogens is 3. The molecule has 2 heterocycles. The Morgan fingerprint density at radius 2 is 2.21 bits per heavy atom. The summed E-state index contributed by atoms with van der Waals surface area (Å²) in [7, 11) is 0. The topological polar surface area (TPSA) is 30.7 Å². The lowest BCUT2D eigenvalue weighted by atomic mass is 10.3. The van der Waals surface area contributed by atoms with Gasteiger partial charge in [0, 0.05) is 18.1 Å². The quantitative estimate of drug-likeness (QED) is 0.758. The molecule has 0 amide bonds. The van der Waals surface area contributed by atoms with Gasteiger partial charge in [-0.1, -0.05) is 18.5 Å². The third-order valence-electron chi connectivity index (χ3n) is 2.02. The van der Waals surface area contributed by atoms with E-state index in [1.54, 1.807) is 23.1 Å². The van der Waals surface area contributed by atoms with Gasteiger partial charge in [-0.2, -0.15) is 5.10 Å². The van der Waals surface area contributed by atoms with Gasteiger partial charge in [0.2, 0.25) is 0 Å². The van der Waals surface area contributed by atoms with Gasteiger partial charge in [0.25, 0.3) is 0 Å². The molecule has 3 nitrogen and oxygen atoms in total. The molecule has 0 fully saturated rings. The van der Waals surface area contributed by atoms with Crippen molar-refractivity contribution in [3.8, 4) is 5.82 Å². The number of hydrogen-bond acceptors (Lipinski definition) is 2. The van der Waals surface area contributed by atoms with E-state index in [1.165, 1.54) is 0 Å². The Kier molecular flexibility index (Phi) is 2.50. The highest BCUT2D eigenvalue weighted by atomic mass is 35.5. The number of hydrogen-bond donors (Lipinski definition) is 0. The predicted octanol–water partition coefficient (Wildman–Crippen LogP) is 2.48. The molecule has 0 aromatic carbocycles. The minimum Gasteiger partial charge on any atom is -0.236 e. The van der Waals surface area contributed by atoms with Crippen LogP contribution in [0.15, 0.2) is 30.6 Å². The van der Waals surface area contributed by atoms with Gasteiger partial charge in [0.1, 0.15) is 0 Å². The Hall–Kier alpha value is -1.35. The molecule has 0 atom stereocenters. The standard InChI is InChI=1S/C10H10ClN3/c1-2-8-5-7-13-14(8)10-9(11)4-3-6-12-10/h3-7H,2H2,1H3. The highest BCUT2D eigenvalue weighted by molar-refractivity contribution is 6.32. The van der Waals surface area contributed by atoms with E-state index in [0.29, 0.717) is 10.8 Å². The van der Waals surface area contributed by atoms with Crippen LogP contribution in [0.5, 0.6) is 0 Å². The van der Waals surface area contributed by atoms with E-state index in [0.717, 1.165) is 12.1 Å². The first-order chi connectivity index (χ1) is 6.83. The van der Waals surface area contributed by atoms with Crippen molar-refractivity contribution in [1.29, 1.82) is 0 Å². The van der Waals surface area contributed by atoms with Crippen molar-refractivity contribution in [2.24, 2.45) is 0 Å². The lowest BCUT2D eigenvalue weighted by molar-refractivity contribution is 0.790. The summed E-state index contributed by atoms with van der Waals surface area (Å²) < 4.78 is 1.77. The largest absolute Gasteiger partial charge is 0.236 e. The van der Waals surface area contributed by atoms with Crippen molar-refractivity contribution >= 4 is 11.6 Å². The molecule has 0 aliphatic carbocycles. The maximum atomic E-state index is 6.02. The second-order valence-electron chi connectivity index (χ2n) is 2.90. The summed E-state index contributed by atoms with van der Waals surface area (Å²) in [4.78, 5) is 4.20. The zero-order chi connectivity index (χ0) is 9.97. The lowest BCUT2D eigenvalue weighted by Crippen LogP contribution is -2.03. The van der Waals surface area contributed by atoms with Crippen LogP contribution in [0.4, 0.5) is 0 Å². The normalized spacial score (nSPS) is 10.4. The van der Waals surface area contributed by atoms with Crippen LogP contribution in [-0.4, -0.2) is 14.8 Å². The molecule has 0 saturated heterocycles. The van der Waals surface area contributed by atoms with E-state index in [-0.39, 0.29) is 0 Å². The van der Waals surface area contributed by atoms with Crippen LogP contribution in [0.2, 0.25) is 5.02 Å². The van der Waals surface area contributed by atoms with Crippen molar-refractivity contribution in [3.63, 3.8) is 0 Å². The average Bonchev–Trinajstić information content (AvgIpc) is 2.66. The summed E-state index contributed by atoms with van der Waals surface area (Å²) in [6, 6.07) is 5.58. The minimum atomic E-state index is 0.617. The molecule has 0 spiro atoms. The molecular weight excluding hydrogens is 198 g/mol. The second-order valence-corrected chi connectivity index (χ2v) is 3.30. The zero-order valence-electron chi connectivity index (χ0n) is 7.81. The van der Waals surface area contributed by atoms with Crippen LogP contribution in [0, 0.1) is 0 Å². The summed E-state index contributed by atoms with van der Waals surface area (Å²) >= 11 is 6.02. The van der Waals surface area contributed by atoms with Crippen LogP contribution >= 0.6 is 11.6 Å². The molecule has 2 rings (SSSR count). The Morgan fingerprint density at radius 3 is 2.93 bits per heavy atom. The molecular formula is C10H10ClN3. The lowest BCUT2D eigenvalue weighted by Gasteiger charge is -2.05. The van der Waals surface area contributed by atoms with Gasteiger partial charge in [0.15, 0.2) is 5.82 Å². The Labute approximate surface area is 87.3 Å². The number of aryl methyl sites for hydroxylation is 1. The third-order valence-corrected chi connectivity index (χ3v) is 2.32. The fraction of sp³-hybridized carbons (Fsp3) is 0.200. The number of halogens is 1. The fourth-order valence-electron chi connectivity index (χ4n) is 1.32. The van der Waals surface area contributed by atoms with Gasteiger partial charge in [-0.3, -0.25) is 0 Å². The molecule has 0 aliphatic heterocycles. The van der Waals surface area contributed by atoms with Crippen LogP contribution in [0.25, 0.3) is 5.82 Å². The van der Waals surface area contributed by atoms with E-state index in [9.17, 15) is 0 Å². The highest BCUT2D eigenvalue weighted by Gasteiger charge is 2.07. The zero-order valence-corrected chi connectivity index (χ0v) is 8.57. The molecule has 4 heteroatoms. The SMILES string of the molecule is CCc1ccnn1-c1ncccc1Cl. The average molecular weight is 208 g/mol. The Balaban J connectivity index is 2.54. The van der Waals surface area contributed by atoms with Crippen molar-refractivity contribution in [2.75, 3.05) is 0 Å². The first kappa shape index (κ1) is 9.21. The van der Waals surface area contributed by atoms with Crippen LogP contribution < -0.4 is 0 Å². The molecule has 2 aromatic rings. The number of rotatable bonds is 2. The molecule has 14 heavy (non-hydrogen) atoms. The second kappa shape index (κ2) is 3.80. The summed E-state index contributed by atoms with van der Waals surface area (Å²) in [5, 5.41) is 4.80. The fourth-order valence-corrected chi connectivity index (χ4v) is 1.52. The van der Waals surface area contributed by atoms with Gasteiger partial charge in [-0.05, 0) is 24.6 Å². The maximum absolute atomic E-state index is 6.02. The van der Waals surface area contributed by atoms with E-state index in [2.05, 4.69) is 17.0 Å². The highest BCUT2D eigenvalue weighted by Crippen LogP contribution is 2.17. The molecule has 0 N–H and O–H groups in total. The first-order valence-corrected chi connectivity index (χ1v) is 4.84. The Morgan fingerprint density at radius 1 is 1.36 bits per heavy atom. The molecule has 2 aromatic heterocycles. The summed E-state index contributed by atoms with van der Waals surface area (Å²) in [5.41, 5.74) is 1.10.